The summed E-state index contributed by atoms with van der Waals surface area (Å²) >= 11 is 0. The third kappa shape index (κ3) is 6.03. The normalized spacial score (nSPS) is 19.9. The number of rotatable bonds is 6. The maximum atomic E-state index is 13.5. The second-order valence-electron chi connectivity index (χ2n) is 7.38. The number of hydrogen-bond donors (Lipinski definition) is 3. The number of amides is 1. The molecule has 27 heavy (non-hydrogen) atoms. The Hall–Kier alpha value is -1.42. The van der Waals surface area contributed by atoms with Crippen LogP contribution in [0.5, 0.6) is 0 Å². The monoisotopic (exact) mass is 489 g/mol. The van der Waals surface area contributed by atoms with Crippen LogP contribution >= 0.6 is 24.0 Å². The maximum absolute atomic E-state index is 13.5. The zero-order chi connectivity index (χ0) is 18.6. The van der Waals surface area contributed by atoms with Gasteiger partial charge in [0.05, 0.1) is 6.54 Å². The number of piperidine rings is 1. The van der Waals surface area contributed by atoms with Crippen LogP contribution in [0.15, 0.2) is 29.3 Å². The minimum atomic E-state index is -0.277. The quantitative estimate of drug-likeness (QED) is 0.322. The lowest BCUT2D eigenvalue weighted by atomic mass is 9.96. The summed E-state index contributed by atoms with van der Waals surface area (Å²) in [6, 6.07) is 7.23. The van der Waals surface area contributed by atoms with Crippen LogP contribution in [0.4, 0.5) is 4.39 Å². The molecular weight excluding hydrogens is 460 g/mol. The first kappa shape index (κ1) is 21.9. The second kappa shape index (κ2) is 9.68. The summed E-state index contributed by atoms with van der Waals surface area (Å²) in [6.45, 7) is 2.78. The minimum absolute atomic E-state index is 0. The van der Waals surface area contributed by atoms with Gasteiger partial charge >= 0.3 is 0 Å². The summed E-state index contributed by atoms with van der Waals surface area (Å²) in [4.78, 5) is 17.4. The zero-order valence-corrected chi connectivity index (χ0v) is 18.0. The zero-order valence-electron chi connectivity index (χ0n) is 15.7. The van der Waals surface area contributed by atoms with E-state index >= 15 is 0 Å². The van der Waals surface area contributed by atoms with Crippen LogP contribution in [0.25, 0.3) is 0 Å². The lowest BCUT2D eigenvalue weighted by Gasteiger charge is -2.32. The van der Waals surface area contributed by atoms with Crippen LogP contribution in [0.2, 0.25) is 0 Å². The molecule has 0 spiro atoms. The third-order valence-electron chi connectivity index (χ3n) is 5.42. The van der Waals surface area contributed by atoms with E-state index in [1.54, 1.807) is 19.2 Å². The van der Waals surface area contributed by atoms with E-state index in [-0.39, 0.29) is 41.1 Å². The van der Waals surface area contributed by atoms with E-state index in [0.717, 1.165) is 56.8 Å². The number of halogens is 2. The molecule has 1 aliphatic heterocycles. The molecule has 2 fully saturated rings. The number of carbonyl (C=O) groups is 1. The summed E-state index contributed by atoms with van der Waals surface area (Å²) in [7, 11) is 1.76. The van der Waals surface area contributed by atoms with Gasteiger partial charge in [0.25, 0.3) is 0 Å². The van der Waals surface area contributed by atoms with Crippen molar-refractivity contribution >= 4 is 35.8 Å². The van der Waals surface area contributed by atoms with E-state index < -0.39 is 0 Å². The number of nitrogens with one attached hydrogen (secondary N) is 2. The molecular formula is C19H29FIN5O. The highest BCUT2D eigenvalue weighted by Crippen LogP contribution is 2.47. The fourth-order valence-electron chi connectivity index (χ4n) is 3.63. The van der Waals surface area contributed by atoms with E-state index in [0.29, 0.717) is 12.6 Å². The molecule has 4 N–H and O–H groups in total. The molecule has 1 aromatic carbocycles. The molecule has 150 valence electrons. The molecule has 0 atom stereocenters. The molecule has 1 aliphatic carbocycles. The number of primary amides is 1. The highest BCUT2D eigenvalue weighted by atomic mass is 127. The largest absolute Gasteiger partial charge is 0.369 e. The number of aliphatic imine (C=N–C) groups is 1. The molecule has 6 nitrogen and oxygen atoms in total. The Morgan fingerprint density at radius 1 is 1.37 bits per heavy atom. The average Bonchev–Trinajstić information content (AvgIpc) is 3.41. The van der Waals surface area contributed by atoms with Crippen LogP contribution in [-0.2, 0) is 10.2 Å². The number of nitrogens with zero attached hydrogens (tertiary/aromatic N) is 2. The molecule has 1 aromatic rings. The van der Waals surface area contributed by atoms with Gasteiger partial charge in [0.2, 0.25) is 5.91 Å². The predicted molar refractivity (Wildman–Crippen MR) is 116 cm³/mol. The Balaban J connectivity index is 0.00000261. The topological polar surface area (TPSA) is 82.8 Å². The fraction of sp³-hybridized carbons (Fsp3) is 0.579. The Labute approximate surface area is 177 Å². The van der Waals surface area contributed by atoms with Crippen molar-refractivity contribution in [2.45, 2.75) is 37.1 Å². The number of hydrogen-bond acceptors (Lipinski definition) is 3. The van der Waals surface area contributed by atoms with Crippen LogP contribution < -0.4 is 16.4 Å². The van der Waals surface area contributed by atoms with Crippen molar-refractivity contribution in [3.8, 4) is 0 Å². The van der Waals surface area contributed by atoms with E-state index in [4.69, 9.17) is 5.73 Å². The summed E-state index contributed by atoms with van der Waals surface area (Å²) in [5.74, 6) is 0.320. The molecule has 2 aliphatic rings. The molecule has 1 saturated carbocycles. The van der Waals surface area contributed by atoms with Crippen LogP contribution in [0, 0.1) is 5.82 Å². The molecule has 8 heteroatoms. The van der Waals surface area contributed by atoms with Gasteiger partial charge < -0.3 is 16.4 Å². The van der Waals surface area contributed by atoms with Crippen LogP contribution in [0.3, 0.4) is 0 Å². The highest BCUT2D eigenvalue weighted by molar-refractivity contribution is 14.0. The maximum Gasteiger partial charge on any atom is 0.231 e. The number of nitrogens with two attached hydrogens (primary N) is 1. The Bertz CT molecular complexity index is 672. The van der Waals surface area contributed by atoms with Crippen LogP contribution in [-0.4, -0.2) is 56.0 Å². The number of guanidine groups is 1. The van der Waals surface area contributed by atoms with Crippen LogP contribution in [0.1, 0.15) is 31.2 Å². The van der Waals surface area contributed by atoms with E-state index in [1.807, 2.05) is 6.07 Å². The summed E-state index contributed by atoms with van der Waals surface area (Å²) in [6.07, 6.45) is 4.02. The molecule has 1 saturated heterocycles. The van der Waals surface area contributed by atoms with Gasteiger partial charge in [0.1, 0.15) is 5.82 Å². The van der Waals surface area contributed by atoms with Gasteiger partial charge in [-0.2, -0.15) is 0 Å². The predicted octanol–water partition coefficient (Wildman–Crippen LogP) is 1.59. The summed E-state index contributed by atoms with van der Waals surface area (Å²) in [5.41, 5.74) is 6.33. The lowest BCUT2D eigenvalue weighted by molar-refractivity contribution is -0.119. The van der Waals surface area contributed by atoms with Gasteiger partial charge in [-0.05, 0) is 43.4 Å². The van der Waals surface area contributed by atoms with Gasteiger partial charge in [-0.15, -0.1) is 24.0 Å². The summed E-state index contributed by atoms with van der Waals surface area (Å²) < 4.78 is 13.5. The first-order valence-corrected chi connectivity index (χ1v) is 9.25. The van der Waals surface area contributed by atoms with E-state index in [1.165, 1.54) is 6.07 Å². The SMILES string of the molecule is CN=C(NCC1(c2cccc(F)c2)CC1)NC1CCN(CC(N)=O)CC1.I. The fourth-order valence-corrected chi connectivity index (χ4v) is 3.63. The number of benzene rings is 1. The van der Waals surface area contributed by atoms with Crippen molar-refractivity contribution in [3.63, 3.8) is 0 Å². The molecule has 0 bridgehead atoms. The van der Waals surface area contributed by atoms with Crippen molar-refractivity contribution in [2.75, 3.05) is 33.2 Å². The summed E-state index contributed by atoms with van der Waals surface area (Å²) in [5, 5.41) is 6.87. The number of likely N-dealkylation sites (tertiary alicyclic amines) is 1. The second-order valence-corrected chi connectivity index (χ2v) is 7.38. The lowest BCUT2D eigenvalue weighted by Crippen LogP contribution is -2.50. The molecule has 1 heterocycles. The smallest absolute Gasteiger partial charge is 0.231 e. The van der Waals surface area contributed by atoms with Crippen molar-refractivity contribution in [1.29, 1.82) is 0 Å². The molecule has 3 rings (SSSR count). The minimum Gasteiger partial charge on any atom is -0.369 e. The number of carbonyl (C=O) groups excluding carboxylic acids is 1. The van der Waals surface area contributed by atoms with Gasteiger partial charge in [0, 0.05) is 38.1 Å². The van der Waals surface area contributed by atoms with E-state index in [9.17, 15) is 9.18 Å². The Morgan fingerprint density at radius 3 is 2.63 bits per heavy atom. The standard InChI is InChI=1S/C19H28FN5O.HI/c1-22-18(24-16-5-9-25(10-6-16)12-17(21)26)23-13-19(7-8-19)14-3-2-4-15(20)11-14;/h2-4,11,16H,5-10,12-13H2,1H3,(H2,21,26)(H2,22,23,24);1H. The molecule has 0 aromatic heterocycles. The van der Waals surface area contributed by atoms with Gasteiger partial charge in [-0.3, -0.25) is 14.7 Å². The van der Waals surface area contributed by atoms with Crippen molar-refractivity contribution in [3.05, 3.63) is 35.6 Å². The Morgan fingerprint density at radius 2 is 2.07 bits per heavy atom. The first-order chi connectivity index (χ1) is 12.5. The Kier molecular flexibility index (Phi) is 7.84. The first-order valence-electron chi connectivity index (χ1n) is 9.25. The highest BCUT2D eigenvalue weighted by Gasteiger charge is 2.44. The molecule has 0 radical (unpaired) electrons. The molecule has 0 unspecified atom stereocenters. The van der Waals surface area contributed by atoms with Crippen molar-refractivity contribution in [1.82, 2.24) is 15.5 Å². The van der Waals surface area contributed by atoms with Gasteiger partial charge in [-0.25, -0.2) is 4.39 Å². The third-order valence-corrected chi connectivity index (χ3v) is 5.42. The van der Waals surface area contributed by atoms with Crippen molar-refractivity contribution < 1.29 is 9.18 Å². The molecule has 1 amide bonds. The van der Waals surface area contributed by atoms with Crippen molar-refractivity contribution in [2.24, 2.45) is 10.7 Å². The van der Waals surface area contributed by atoms with E-state index in [2.05, 4.69) is 20.5 Å². The average molecular weight is 489 g/mol. The van der Waals surface area contributed by atoms with Gasteiger partial charge in [-0.1, -0.05) is 12.1 Å². The van der Waals surface area contributed by atoms with Gasteiger partial charge in [0.15, 0.2) is 5.96 Å².